The lowest BCUT2D eigenvalue weighted by Crippen LogP contribution is -2.22. The Labute approximate surface area is 131 Å². The van der Waals surface area contributed by atoms with Gasteiger partial charge in [-0.1, -0.05) is 29.8 Å². The quantitative estimate of drug-likeness (QED) is 0.813. The van der Waals surface area contributed by atoms with Crippen LogP contribution in [0.5, 0.6) is 11.5 Å². The van der Waals surface area contributed by atoms with Crippen LogP contribution in [0.25, 0.3) is 0 Å². The molecule has 0 fully saturated rings. The Hall–Kier alpha value is -1.46. The summed E-state index contributed by atoms with van der Waals surface area (Å²) < 4.78 is 34.1. The predicted octanol–water partition coefficient (Wildman–Crippen LogP) is 5.02. The average Bonchev–Trinajstić information content (AvgIpc) is 2.42. The molecule has 0 saturated carbocycles. The molecule has 0 spiro atoms. The van der Waals surface area contributed by atoms with E-state index in [0.717, 1.165) is 4.47 Å². The minimum absolute atomic E-state index is 0.245. The van der Waals surface area contributed by atoms with E-state index >= 15 is 0 Å². The van der Waals surface area contributed by atoms with Gasteiger partial charge < -0.3 is 10.1 Å². The molecule has 2 aromatic carbocycles. The molecule has 0 unspecified atom stereocenters. The number of hydrogen-bond acceptors (Lipinski definition) is 2. The SMILES string of the molecule is CC(C)NCc1cc(F)c(Oc2ccc(Br)cc2)c(F)c1. The van der Waals surface area contributed by atoms with Crippen LogP contribution < -0.4 is 10.1 Å². The summed E-state index contributed by atoms with van der Waals surface area (Å²) in [6.07, 6.45) is 0. The molecule has 21 heavy (non-hydrogen) atoms. The second-order valence-electron chi connectivity index (χ2n) is 4.98. The Bertz CT molecular complexity index is 591. The van der Waals surface area contributed by atoms with Crippen molar-refractivity contribution in [2.45, 2.75) is 26.4 Å². The van der Waals surface area contributed by atoms with E-state index in [-0.39, 0.29) is 11.8 Å². The molecule has 0 bridgehead atoms. The van der Waals surface area contributed by atoms with Crippen molar-refractivity contribution in [1.29, 1.82) is 0 Å². The van der Waals surface area contributed by atoms with Crippen molar-refractivity contribution in [3.63, 3.8) is 0 Å². The summed E-state index contributed by atoms with van der Waals surface area (Å²) in [5.74, 6) is -1.42. The van der Waals surface area contributed by atoms with Crippen molar-refractivity contribution in [2.24, 2.45) is 0 Å². The number of benzene rings is 2. The van der Waals surface area contributed by atoms with Crippen LogP contribution >= 0.6 is 15.9 Å². The van der Waals surface area contributed by atoms with E-state index in [1.54, 1.807) is 24.3 Å². The van der Waals surface area contributed by atoms with Crippen molar-refractivity contribution in [3.8, 4) is 11.5 Å². The number of rotatable bonds is 5. The fourth-order valence-corrected chi connectivity index (χ4v) is 2.02. The lowest BCUT2D eigenvalue weighted by atomic mass is 10.2. The Morgan fingerprint density at radius 1 is 1.10 bits per heavy atom. The molecule has 0 atom stereocenters. The monoisotopic (exact) mass is 355 g/mol. The van der Waals surface area contributed by atoms with Crippen LogP contribution in [0, 0.1) is 11.6 Å². The average molecular weight is 356 g/mol. The number of hydrogen-bond donors (Lipinski definition) is 1. The van der Waals surface area contributed by atoms with Crippen molar-refractivity contribution < 1.29 is 13.5 Å². The van der Waals surface area contributed by atoms with Gasteiger partial charge in [0.05, 0.1) is 0 Å². The zero-order valence-corrected chi connectivity index (χ0v) is 13.4. The zero-order valence-electron chi connectivity index (χ0n) is 11.8. The van der Waals surface area contributed by atoms with E-state index < -0.39 is 11.6 Å². The fraction of sp³-hybridized carbons (Fsp3) is 0.250. The van der Waals surface area contributed by atoms with Gasteiger partial charge in [0.25, 0.3) is 0 Å². The van der Waals surface area contributed by atoms with Crippen molar-refractivity contribution in [2.75, 3.05) is 0 Å². The van der Waals surface area contributed by atoms with Crippen molar-refractivity contribution in [1.82, 2.24) is 5.32 Å². The smallest absolute Gasteiger partial charge is 0.198 e. The molecule has 112 valence electrons. The molecule has 0 aliphatic rings. The van der Waals surface area contributed by atoms with E-state index in [2.05, 4.69) is 21.2 Å². The highest BCUT2D eigenvalue weighted by atomic mass is 79.9. The van der Waals surface area contributed by atoms with E-state index in [1.807, 2.05) is 13.8 Å². The topological polar surface area (TPSA) is 21.3 Å². The fourth-order valence-electron chi connectivity index (χ4n) is 1.75. The van der Waals surface area contributed by atoms with Crippen molar-refractivity contribution >= 4 is 15.9 Å². The summed E-state index contributed by atoms with van der Waals surface area (Å²) in [5.41, 5.74) is 0.543. The van der Waals surface area contributed by atoms with Crippen LogP contribution in [0.3, 0.4) is 0 Å². The van der Waals surface area contributed by atoms with Crippen LogP contribution in [0.15, 0.2) is 40.9 Å². The van der Waals surface area contributed by atoms with Crippen LogP contribution in [0.2, 0.25) is 0 Å². The van der Waals surface area contributed by atoms with E-state index in [1.165, 1.54) is 12.1 Å². The van der Waals surface area contributed by atoms with Gasteiger partial charge in [0.15, 0.2) is 17.4 Å². The number of halogens is 3. The maximum Gasteiger partial charge on any atom is 0.198 e. The molecule has 1 N–H and O–H groups in total. The molecule has 0 aromatic heterocycles. The van der Waals surface area contributed by atoms with Crippen molar-refractivity contribution in [3.05, 3.63) is 58.1 Å². The van der Waals surface area contributed by atoms with Crippen LogP contribution in [-0.4, -0.2) is 6.04 Å². The lowest BCUT2D eigenvalue weighted by molar-refractivity contribution is 0.406. The highest BCUT2D eigenvalue weighted by Gasteiger charge is 2.14. The summed E-state index contributed by atoms with van der Waals surface area (Å²) in [6.45, 7) is 4.35. The predicted molar refractivity (Wildman–Crippen MR) is 82.5 cm³/mol. The first-order valence-electron chi connectivity index (χ1n) is 6.60. The van der Waals surface area contributed by atoms with E-state index in [9.17, 15) is 8.78 Å². The third kappa shape index (κ3) is 4.51. The second-order valence-corrected chi connectivity index (χ2v) is 5.90. The van der Waals surface area contributed by atoms with Gasteiger partial charge in [-0.05, 0) is 42.0 Å². The maximum atomic E-state index is 14.0. The van der Waals surface area contributed by atoms with Gasteiger partial charge in [0.1, 0.15) is 5.75 Å². The third-order valence-electron chi connectivity index (χ3n) is 2.81. The highest BCUT2D eigenvalue weighted by Crippen LogP contribution is 2.29. The van der Waals surface area contributed by atoms with E-state index in [0.29, 0.717) is 17.9 Å². The summed E-state index contributed by atoms with van der Waals surface area (Å²) in [6, 6.07) is 9.57. The molecular weight excluding hydrogens is 340 g/mol. The normalized spacial score (nSPS) is 11.0. The molecule has 2 aromatic rings. The molecule has 5 heteroatoms. The molecule has 2 nitrogen and oxygen atoms in total. The standard InChI is InChI=1S/C16H16BrF2NO/c1-10(2)20-9-11-7-14(18)16(15(19)8-11)21-13-5-3-12(17)4-6-13/h3-8,10,20H,9H2,1-2H3. The van der Waals surface area contributed by atoms with Crippen LogP contribution in [0.1, 0.15) is 19.4 Å². The van der Waals surface area contributed by atoms with E-state index in [4.69, 9.17) is 4.74 Å². The molecule has 0 aliphatic heterocycles. The van der Waals surface area contributed by atoms with Gasteiger partial charge in [-0.25, -0.2) is 8.78 Å². The molecule has 0 amide bonds. The summed E-state index contributed by atoms with van der Waals surface area (Å²) in [7, 11) is 0. The molecule has 0 heterocycles. The first-order chi connectivity index (χ1) is 9.95. The second kappa shape index (κ2) is 7.00. The van der Waals surface area contributed by atoms with Gasteiger partial charge in [0, 0.05) is 17.1 Å². The molecule has 0 aliphatic carbocycles. The van der Waals surface area contributed by atoms with Gasteiger partial charge in [0.2, 0.25) is 0 Å². The summed E-state index contributed by atoms with van der Waals surface area (Å²) in [4.78, 5) is 0. The zero-order chi connectivity index (χ0) is 15.4. The van der Waals surface area contributed by atoms with Crippen LogP contribution in [-0.2, 0) is 6.54 Å². The molecular formula is C16H16BrF2NO. The van der Waals surface area contributed by atoms with Gasteiger partial charge in [-0.15, -0.1) is 0 Å². The Kier molecular flexibility index (Phi) is 5.31. The first kappa shape index (κ1) is 15.9. The molecule has 0 saturated heterocycles. The molecule has 2 rings (SSSR count). The largest absolute Gasteiger partial charge is 0.451 e. The first-order valence-corrected chi connectivity index (χ1v) is 7.39. The Morgan fingerprint density at radius 2 is 1.67 bits per heavy atom. The Balaban J connectivity index is 2.18. The maximum absolute atomic E-state index is 14.0. The van der Waals surface area contributed by atoms with Gasteiger partial charge in [-0.2, -0.15) is 0 Å². The summed E-state index contributed by atoms with van der Waals surface area (Å²) >= 11 is 3.29. The Morgan fingerprint density at radius 3 is 2.19 bits per heavy atom. The third-order valence-corrected chi connectivity index (χ3v) is 3.33. The highest BCUT2D eigenvalue weighted by molar-refractivity contribution is 9.10. The summed E-state index contributed by atoms with van der Waals surface area (Å²) in [5, 5.41) is 3.11. The minimum Gasteiger partial charge on any atom is -0.451 e. The van der Waals surface area contributed by atoms with Crippen LogP contribution in [0.4, 0.5) is 8.78 Å². The minimum atomic E-state index is -0.710. The molecule has 0 radical (unpaired) electrons. The van der Waals surface area contributed by atoms with Gasteiger partial charge in [-0.3, -0.25) is 0 Å². The number of nitrogens with one attached hydrogen (secondary N) is 1. The lowest BCUT2D eigenvalue weighted by Gasteiger charge is -2.12. The van der Waals surface area contributed by atoms with Gasteiger partial charge >= 0.3 is 0 Å². The number of ether oxygens (including phenoxy) is 1.